The lowest BCUT2D eigenvalue weighted by atomic mass is 10.1. The highest BCUT2D eigenvalue weighted by Gasteiger charge is 2.08. The van der Waals surface area contributed by atoms with E-state index < -0.39 is 0 Å². The number of ether oxygens (including phenoxy) is 1. The van der Waals surface area contributed by atoms with Crippen LogP contribution in [0.4, 0.5) is 5.82 Å². The van der Waals surface area contributed by atoms with Gasteiger partial charge in [0.1, 0.15) is 11.6 Å². The summed E-state index contributed by atoms with van der Waals surface area (Å²) in [5.74, 6) is 1.47. The van der Waals surface area contributed by atoms with Crippen molar-refractivity contribution < 1.29 is 9.53 Å². The number of aromatic nitrogens is 1. The molecule has 1 unspecified atom stereocenters. The van der Waals surface area contributed by atoms with Crippen LogP contribution in [0.25, 0.3) is 0 Å². The Morgan fingerprint density at radius 3 is 2.83 bits per heavy atom. The monoisotopic (exact) mass is 327 g/mol. The third kappa shape index (κ3) is 4.98. The number of nitrogens with zero attached hydrogens (tertiary/aromatic N) is 1. The van der Waals surface area contributed by atoms with Gasteiger partial charge in [0.2, 0.25) is 0 Å². The number of nitrogens with one attached hydrogen (secondary N) is 2. The number of anilines is 1. The average molecular weight is 327 g/mol. The highest BCUT2D eigenvalue weighted by Crippen LogP contribution is 2.17. The van der Waals surface area contributed by atoms with Crippen LogP contribution >= 0.6 is 0 Å². The molecular formula is C19H25N3O2. The van der Waals surface area contributed by atoms with Gasteiger partial charge < -0.3 is 15.4 Å². The smallest absolute Gasteiger partial charge is 0.251 e. The van der Waals surface area contributed by atoms with Crippen molar-refractivity contribution in [2.24, 2.45) is 0 Å². The Balaban J connectivity index is 1.91. The second-order valence-electron chi connectivity index (χ2n) is 5.70. The molecule has 0 aliphatic heterocycles. The summed E-state index contributed by atoms with van der Waals surface area (Å²) in [6.45, 7) is 4.74. The third-order valence-corrected chi connectivity index (χ3v) is 3.90. The molecule has 1 atom stereocenters. The first-order chi connectivity index (χ1) is 11.6. The number of carbonyl (C=O) groups excluding carboxylic acids is 1. The first kappa shape index (κ1) is 17.8. The Kier molecular flexibility index (Phi) is 6.61. The molecule has 1 aromatic heterocycles. The number of methoxy groups -OCH3 is 1. The van der Waals surface area contributed by atoms with E-state index in [1.165, 1.54) is 0 Å². The van der Waals surface area contributed by atoms with E-state index >= 15 is 0 Å². The quantitative estimate of drug-likeness (QED) is 0.781. The van der Waals surface area contributed by atoms with Crippen molar-refractivity contribution in [3.63, 3.8) is 0 Å². The number of amides is 1. The number of benzene rings is 1. The molecule has 24 heavy (non-hydrogen) atoms. The van der Waals surface area contributed by atoms with E-state index in [1.807, 2.05) is 24.3 Å². The van der Waals surface area contributed by atoms with Crippen molar-refractivity contribution in [3.05, 3.63) is 53.7 Å². The molecule has 1 heterocycles. The predicted molar refractivity (Wildman–Crippen MR) is 96.6 cm³/mol. The Labute approximate surface area is 143 Å². The fourth-order valence-electron chi connectivity index (χ4n) is 2.33. The van der Waals surface area contributed by atoms with Gasteiger partial charge in [0.15, 0.2) is 0 Å². The predicted octanol–water partition coefficient (Wildman–Crippen LogP) is 3.27. The van der Waals surface area contributed by atoms with Gasteiger partial charge in [-0.1, -0.05) is 25.1 Å². The van der Waals surface area contributed by atoms with Crippen LogP contribution < -0.4 is 15.4 Å². The Bertz CT molecular complexity index is 673. The molecule has 0 saturated carbocycles. The molecule has 2 rings (SSSR count). The molecule has 1 aromatic carbocycles. The molecule has 128 valence electrons. The molecule has 2 N–H and O–H groups in total. The zero-order valence-electron chi connectivity index (χ0n) is 14.5. The zero-order chi connectivity index (χ0) is 17.4. The minimum Gasteiger partial charge on any atom is -0.496 e. The Hall–Kier alpha value is -2.56. The molecule has 0 saturated heterocycles. The van der Waals surface area contributed by atoms with Gasteiger partial charge >= 0.3 is 0 Å². The maximum Gasteiger partial charge on any atom is 0.251 e. The number of para-hydroxylation sites is 1. The van der Waals surface area contributed by atoms with Crippen LogP contribution in [0.1, 0.15) is 36.2 Å². The lowest BCUT2D eigenvalue weighted by molar-refractivity contribution is 0.0954. The zero-order valence-corrected chi connectivity index (χ0v) is 14.5. The maximum absolute atomic E-state index is 12.3. The van der Waals surface area contributed by atoms with Crippen LogP contribution in [0.3, 0.4) is 0 Å². The molecule has 0 radical (unpaired) electrons. The second kappa shape index (κ2) is 8.91. The highest BCUT2D eigenvalue weighted by molar-refractivity contribution is 5.94. The normalized spacial score (nSPS) is 11.6. The number of hydrogen-bond donors (Lipinski definition) is 2. The van der Waals surface area contributed by atoms with E-state index in [0.29, 0.717) is 18.2 Å². The number of pyridine rings is 1. The molecule has 0 spiro atoms. The van der Waals surface area contributed by atoms with Crippen molar-refractivity contribution in [1.29, 1.82) is 0 Å². The van der Waals surface area contributed by atoms with E-state index in [9.17, 15) is 4.79 Å². The van der Waals surface area contributed by atoms with E-state index in [2.05, 4.69) is 29.5 Å². The lowest BCUT2D eigenvalue weighted by Gasteiger charge is -2.13. The first-order valence-corrected chi connectivity index (χ1v) is 8.26. The largest absolute Gasteiger partial charge is 0.496 e. The van der Waals surface area contributed by atoms with Gasteiger partial charge in [0, 0.05) is 24.3 Å². The van der Waals surface area contributed by atoms with Crippen molar-refractivity contribution in [2.75, 3.05) is 19.0 Å². The van der Waals surface area contributed by atoms with Gasteiger partial charge in [-0.25, -0.2) is 4.98 Å². The minimum atomic E-state index is -0.0977. The van der Waals surface area contributed by atoms with Gasteiger partial charge in [-0.05, 0) is 43.5 Å². The summed E-state index contributed by atoms with van der Waals surface area (Å²) >= 11 is 0. The Morgan fingerprint density at radius 2 is 2.08 bits per heavy atom. The molecule has 0 fully saturated rings. The van der Waals surface area contributed by atoms with E-state index in [-0.39, 0.29) is 5.91 Å². The standard InChI is InChI=1S/C19H25N3O2/c1-4-14(2)22-18-13-16(10-11-20-18)19(23)21-12-9-15-7-5-6-8-17(15)24-3/h5-8,10-11,13-14H,4,9,12H2,1-3H3,(H,20,22)(H,21,23). The van der Waals surface area contributed by atoms with Gasteiger partial charge in [-0.15, -0.1) is 0 Å². The molecule has 0 bridgehead atoms. The lowest BCUT2D eigenvalue weighted by Crippen LogP contribution is -2.26. The van der Waals surface area contributed by atoms with Crippen LogP contribution in [-0.4, -0.2) is 30.6 Å². The van der Waals surface area contributed by atoms with E-state index in [1.54, 1.807) is 25.4 Å². The van der Waals surface area contributed by atoms with Crippen LogP contribution in [0.2, 0.25) is 0 Å². The number of carbonyl (C=O) groups is 1. The summed E-state index contributed by atoms with van der Waals surface area (Å²) in [6.07, 6.45) is 3.37. The third-order valence-electron chi connectivity index (χ3n) is 3.90. The summed E-state index contributed by atoms with van der Waals surface area (Å²) < 4.78 is 5.32. The summed E-state index contributed by atoms with van der Waals surface area (Å²) in [6, 6.07) is 11.7. The van der Waals surface area contributed by atoms with Crippen LogP contribution in [0, 0.1) is 0 Å². The first-order valence-electron chi connectivity index (χ1n) is 8.26. The molecule has 5 heteroatoms. The van der Waals surface area contributed by atoms with Gasteiger partial charge in [-0.3, -0.25) is 4.79 Å². The van der Waals surface area contributed by atoms with Crippen LogP contribution in [0.15, 0.2) is 42.6 Å². The average Bonchev–Trinajstić information content (AvgIpc) is 2.62. The van der Waals surface area contributed by atoms with Crippen molar-refractivity contribution >= 4 is 11.7 Å². The number of rotatable bonds is 8. The molecule has 2 aromatic rings. The van der Waals surface area contributed by atoms with E-state index in [0.717, 1.165) is 30.0 Å². The molecule has 5 nitrogen and oxygen atoms in total. The minimum absolute atomic E-state index is 0.0977. The van der Waals surface area contributed by atoms with Crippen LogP contribution in [0.5, 0.6) is 5.75 Å². The maximum atomic E-state index is 12.3. The molecular weight excluding hydrogens is 302 g/mol. The summed E-state index contributed by atoms with van der Waals surface area (Å²) in [4.78, 5) is 16.6. The summed E-state index contributed by atoms with van der Waals surface area (Å²) in [5.41, 5.74) is 1.69. The summed E-state index contributed by atoms with van der Waals surface area (Å²) in [7, 11) is 1.65. The van der Waals surface area contributed by atoms with Crippen molar-refractivity contribution in [1.82, 2.24) is 10.3 Å². The molecule has 1 amide bonds. The van der Waals surface area contributed by atoms with Crippen LogP contribution in [-0.2, 0) is 6.42 Å². The fraction of sp³-hybridized carbons (Fsp3) is 0.368. The second-order valence-corrected chi connectivity index (χ2v) is 5.70. The van der Waals surface area contributed by atoms with Gasteiger partial charge in [0.25, 0.3) is 5.91 Å². The topological polar surface area (TPSA) is 63.2 Å². The molecule has 0 aliphatic rings. The SMILES string of the molecule is CCC(C)Nc1cc(C(=O)NCCc2ccccc2OC)ccn1. The van der Waals surface area contributed by atoms with Gasteiger partial charge in [-0.2, -0.15) is 0 Å². The molecule has 0 aliphatic carbocycles. The Morgan fingerprint density at radius 1 is 1.29 bits per heavy atom. The fourth-order valence-corrected chi connectivity index (χ4v) is 2.33. The highest BCUT2D eigenvalue weighted by atomic mass is 16.5. The van der Waals surface area contributed by atoms with E-state index in [4.69, 9.17) is 4.74 Å². The summed E-state index contributed by atoms with van der Waals surface area (Å²) in [5, 5.41) is 6.22. The van der Waals surface area contributed by atoms with Crippen molar-refractivity contribution in [3.8, 4) is 5.75 Å². The number of hydrogen-bond acceptors (Lipinski definition) is 4. The van der Waals surface area contributed by atoms with Gasteiger partial charge in [0.05, 0.1) is 7.11 Å². The van der Waals surface area contributed by atoms with Crippen molar-refractivity contribution in [2.45, 2.75) is 32.7 Å².